The summed E-state index contributed by atoms with van der Waals surface area (Å²) < 4.78 is 29.8. The zero-order chi connectivity index (χ0) is 22.9. The van der Waals surface area contributed by atoms with Crippen molar-refractivity contribution in [2.45, 2.75) is 43.1 Å². The Balaban J connectivity index is 1.33. The Bertz CT molecular complexity index is 1280. The molecule has 6 nitrogen and oxygen atoms in total. The molecule has 0 aliphatic heterocycles. The highest BCUT2D eigenvalue weighted by Gasteiger charge is 2.30. The van der Waals surface area contributed by atoms with Crippen LogP contribution in [0.3, 0.4) is 0 Å². The molecule has 4 aromatic rings. The average Bonchev–Trinajstić information content (AvgIpc) is 3.15. The minimum atomic E-state index is -0.813. The second-order valence-corrected chi connectivity index (χ2v) is 10.4. The minimum absolute atomic E-state index is 0.0239. The number of hydrogen-bond acceptors (Lipinski definition) is 7. The lowest BCUT2D eigenvalue weighted by molar-refractivity contribution is -0.115. The molecule has 170 valence electrons. The number of hydrogen-bond donors (Lipinski definition) is 0. The van der Waals surface area contributed by atoms with Gasteiger partial charge in [-0.1, -0.05) is 17.8 Å². The number of amides is 1. The van der Waals surface area contributed by atoms with Crippen LogP contribution in [0.4, 0.5) is 19.6 Å². The summed E-state index contributed by atoms with van der Waals surface area (Å²) in [5.41, 5.74) is 0.725. The Kier molecular flexibility index (Phi) is 6.26. The maximum Gasteiger partial charge on any atom is 0.230 e. The van der Waals surface area contributed by atoms with E-state index in [0.717, 1.165) is 48.1 Å². The third-order valence-corrected chi connectivity index (χ3v) is 7.83. The molecule has 3 aromatic heterocycles. The second-order valence-electron chi connectivity index (χ2n) is 7.62. The molecule has 0 atom stereocenters. The average molecular weight is 504 g/mol. The highest BCUT2D eigenvalue weighted by Crippen LogP contribution is 2.40. The standard InChI is InChI=1S/C22H19F2N5OS3/c1-13(30)28(19-7-4-14(23)9-18(19)24)21-25-15(11-32-21)12-33-22-27-26-20(29(22)16-5-6-16)10-17-3-2-8-31-17/h2-4,7-9,11,16H,5-6,10,12H2,1H3. The number of thiophene rings is 1. The van der Waals surface area contributed by atoms with Crippen LogP contribution in [0.5, 0.6) is 0 Å². The molecule has 1 aliphatic carbocycles. The van der Waals surface area contributed by atoms with Crippen molar-refractivity contribution in [3.05, 3.63) is 69.1 Å². The van der Waals surface area contributed by atoms with Crippen LogP contribution in [0.1, 0.15) is 42.2 Å². The van der Waals surface area contributed by atoms with Crippen molar-refractivity contribution >= 4 is 51.2 Å². The zero-order valence-electron chi connectivity index (χ0n) is 17.6. The molecule has 0 bridgehead atoms. The number of rotatable bonds is 8. The summed E-state index contributed by atoms with van der Waals surface area (Å²) in [6, 6.07) is 7.71. The van der Waals surface area contributed by atoms with Gasteiger partial charge in [-0.25, -0.2) is 13.8 Å². The number of benzene rings is 1. The first-order valence-electron chi connectivity index (χ1n) is 10.3. The lowest BCUT2D eigenvalue weighted by Crippen LogP contribution is -2.23. The van der Waals surface area contributed by atoms with Gasteiger partial charge in [-0.2, -0.15) is 0 Å². The van der Waals surface area contributed by atoms with Crippen molar-refractivity contribution in [1.29, 1.82) is 0 Å². The molecule has 0 N–H and O–H groups in total. The van der Waals surface area contributed by atoms with Crippen LogP contribution in [0.15, 0.2) is 46.2 Å². The van der Waals surface area contributed by atoms with Crippen molar-refractivity contribution in [3.8, 4) is 0 Å². The molecule has 0 unspecified atom stereocenters. The predicted octanol–water partition coefficient (Wildman–Crippen LogP) is 5.98. The van der Waals surface area contributed by atoms with Crippen LogP contribution < -0.4 is 4.90 Å². The number of nitrogens with zero attached hydrogens (tertiary/aromatic N) is 5. The fourth-order valence-electron chi connectivity index (χ4n) is 3.47. The summed E-state index contributed by atoms with van der Waals surface area (Å²) in [7, 11) is 0. The Hall–Kier alpha value is -2.63. The topological polar surface area (TPSA) is 63.9 Å². The van der Waals surface area contributed by atoms with Gasteiger partial charge in [0.05, 0.1) is 11.4 Å². The lowest BCUT2D eigenvalue weighted by Gasteiger charge is -2.18. The van der Waals surface area contributed by atoms with Gasteiger partial charge in [0.25, 0.3) is 0 Å². The molecule has 3 heterocycles. The van der Waals surface area contributed by atoms with E-state index < -0.39 is 17.5 Å². The summed E-state index contributed by atoms with van der Waals surface area (Å²) in [4.78, 5) is 19.2. The van der Waals surface area contributed by atoms with Gasteiger partial charge in [-0.05, 0) is 36.4 Å². The smallest absolute Gasteiger partial charge is 0.230 e. The largest absolute Gasteiger partial charge is 0.303 e. The van der Waals surface area contributed by atoms with Gasteiger partial charge in [-0.3, -0.25) is 9.69 Å². The van der Waals surface area contributed by atoms with Crippen molar-refractivity contribution in [3.63, 3.8) is 0 Å². The van der Waals surface area contributed by atoms with Crippen LogP contribution in [-0.4, -0.2) is 25.7 Å². The Morgan fingerprint density at radius 1 is 1.24 bits per heavy atom. The van der Waals surface area contributed by atoms with Gasteiger partial charge < -0.3 is 4.57 Å². The molecule has 0 radical (unpaired) electrons. The predicted molar refractivity (Wildman–Crippen MR) is 126 cm³/mol. The molecule has 1 amide bonds. The van der Waals surface area contributed by atoms with Gasteiger partial charge in [-0.15, -0.1) is 32.9 Å². The van der Waals surface area contributed by atoms with E-state index in [4.69, 9.17) is 0 Å². The van der Waals surface area contributed by atoms with Crippen molar-refractivity contribution in [2.24, 2.45) is 0 Å². The quantitative estimate of drug-likeness (QED) is 0.277. The number of thiazole rings is 1. The molecule has 0 spiro atoms. The van der Waals surface area contributed by atoms with Gasteiger partial charge in [0.15, 0.2) is 10.3 Å². The second kappa shape index (κ2) is 9.32. The fraction of sp³-hybridized carbons (Fsp3) is 0.273. The van der Waals surface area contributed by atoms with Crippen molar-refractivity contribution < 1.29 is 13.6 Å². The highest BCUT2D eigenvalue weighted by atomic mass is 32.2. The SMILES string of the molecule is CC(=O)N(c1nc(CSc2nnc(Cc3cccs3)n2C2CC2)cs1)c1ccc(F)cc1F. The summed E-state index contributed by atoms with van der Waals surface area (Å²) >= 11 is 4.49. The van der Waals surface area contributed by atoms with E-state index in [-0.39, 0.29) is 5.69 Å². The number of aromatic nitrogens is 4. The fourth-order valence-corrected chi connectivity index (χ4v) is 6.07. The van der Waals surface area contributed by atoms with Gasteiger partial charge >= 0.3 is 0 Å². The third-order valence-electron chi connectivity index (χ3n) is 5.11. The lowest BCUT2D eigenvalue weighted by atomic mass is 10.2. The highest BCUT2D eigenvalue weighted by molar-refractivity contribution is 7.98. The number of thioether (sulfide) groups is 1. The third kappa shape index (κ3) is 4.85. The summed E-state index contributed by atoms with van der Waals surface area (Å²) in [6.45, 7) is 1.33. The molecule has 1 aromatic carbocycles. The molecule has 11 heteroatoms. The first-order valence-corrected chi connectivity index (χ1v) is 13.0. The normalized spacial score (nSPS) is 13.4. The van der Waals surface area contributed by atoms with E-state index in [1.165, 1.54) is 34.1 Å². The van der Waals surface area contributed by atoms with Crippen molar-refractivity contribution in [2.75, 3.05) is 4.90 Å². The summed E-state index contributed by atoms with van der Waals surface area (Å²) in [5, 5.41) is 13.9. The van der Waals surface area contributed by atoms with Gasteiger partial charge in [0, 0.05) is 41.5 Å². The monoisotopic (exact) mass is 503 g/mol. The number of carbonyl (C=O) groups excluding carboxylic acids is 1. The molecule has 1 aliphatic rings. The molecule has 0 saturated heterocycles. The Morgan fingerprint density at radius 3 is 2.79 bits per heavy atom. The zero-order valence-corrected chi connectivity index (χ0v) is 20.0. The van der Waals surface area contributed by atoms with Crippen LogP contribution in [0.25, 0.3) is 0 Å². The van der Waals surface area contributed by atoms with Crippen molar-refractivity contribution in [1.82, 2.24) is 19.7 Å². The van der Waals surface area contributed by atoms with E-state index in [2.05, 4.69) is 31.2 Å². The van der Waals surface area contributed by atoms with E-state index in [9.17, 15) is 13.6 Å². The molecule has 1 fully saturated rings. The van der Waals surface area contributed by atoms with Gasteiger partial charge in [0.2, 0.25) is 5.91 Å². The maximum atomic E-state index is 14.3. The Morgan fingerprint density at radius 2 is 2.09 bits per heavy atom. The Labute approximate surface area is 201 Å². The number of halogens is 2. The molecular weight excluding hydrogens is 484 g/mol. The maximum absolute atomic E-state index is 14.3. The van der Waals surface area contributed by atoms with Crippen LogP contribution in [-0.2, 0) is 17.0 Å². The van der Waals surface area contributed by atoms with Crippen LogP contribution in [0.2, 0.25) is 0 Å². The molecular formula is C22H19F2N5OS3. The molecule has 1 saturated carbocycles. The van der Waals surface area contributed by atoms with E-state index >= 15 is 0 Å². The van der Waals surface area contributed by atoms with E-state index in [0.29, 0.717) is 16.9 Å². The first-order chi connectivity index (χ1) is 16.0. The van der Waals surface area contributed by atoms with E-state index in [1.54, 1.807) is 23.1 Å². The number of anilines is 2. The van der Waals surface area contributed by atoms with E-state index in [1.807, 2.05) is 11.4 Å². The van der Waals surface area contributed by atoms with Crippen LogP contribution >= 0.6 is 34.4 Å². The summed E-state index contributed by atoms with van der Waals surface area (Å²) in [5.74, 6) is -0.407. The molecule has 5 rings (SSSR count). The van der Waals surface area contributed by atoms with Crippen LogP contribution in [0, 0.1) is 11.6 Å². The molecule has 33 heavy (non-hydrogen) atoms. The first kappa shape index (κ1) is 22.2. The van der Waals surface area contributed by atoms with Gasteiger partial charge in [0.1, 0.15) is 17.5 Å². The minimum Gasteiger partial charge on any atom is -0.303 e. The summed E-state index contributed by atoms with van der Waals surface area (Å²) in [6.07, 6.45) is 3.01. The number of carbonyl (C=O) groups is 1.